The Kier molecular flexibility index (Phi) is 107. The SMILES string of the molecule is CC(=O)O.CC(=O)O.CC(=O)O.CC(=O)O.NCCN.O.O.[Na]. The van der Waals surface area contributed by atoms with Gasteiger partial charge in [-0.3, -0.25) is 19.2 Å². The Labute approximate surface area is 156 Å². The van der Waals surface area contributed by atoms with Gasteiger partial charge in [-0.1, -0.05) is 0 Å². The summed E-state index contributed by atoms with van der Waals surface area (Å²) in [7, 11) is 0. The molecule has 1 radical (unpaired) electrons. The average molecular weight is 359 g/mol. The maximum atomic E-state index is 9.00. The third-order valence-corrected chi connectivity index (χ3v) is 0.167. The van der Waals surface area contributed by atoms with E-state index in [0.717, 1.165) is 27.7 Å². The molecule has 0 aromatic heterocycles. The monoisotopic (exact) mass is 359 g/mol. The van der Waals surface area contributed by atoms with E-state index in [-0.39, 0.29) is 40.5 Å². The van der Waals surface area contributed by atoms with Gasteiger partial charge in [0, 0.05) is 70.3 Å². The van der Waals surface area contributed by atoms with E-state index in [0.29, 0.717) is 13.1 Å². The van der Waals surface area contributed by atoms with Gasteiger partial charge in [0.2, 0.25) is 0 Å². The predicted molar refractivity (Wildman–Crippen MR) is 84.3 cm³/mol. The van der Waals surface area contributed by atoms with Crippen molar-refractivity contribution in [3.8, 4) is 0 Å². The summed E-state index contributed by atoms with van der Waals surface area (Å²) < 4.78 is 0. The summed E-state index contributed by atoms with van der Waals surface area (Å²) in [6.45, 7) is 5.53. The molecule has 139 valence electrons. The van der Waals surface area contributed by atoms with Crippen LogP contribution in [0.25, 0.3) is 0 Å². The van der Waals surface area contributed by atoms with Gasteiger partial charge in [-0.15, -0.1) is 0 Å². The Morgan fingerprint density at radius 2 is 0.652 bits per heavy atom. The van der Waals surface area contributed by atoms with E-state index in [1.165, 1.54) is 0 Å². The zero-order valence-electron chi connectivity index (χ0n) is 14.0. The van der Waals surface area contributed by atoms with Gasteiger partial charge in [-0.05, 0) is 0 Å². The molecule has 0 spiro atoms. The van der Waals surface area contributed by atoms with Crippen molar-refractivity contribution in [2.45, 2.75) is 27.7 Å². The van der Waals surface area contributed by atoms with Gasteiger partial charge in [0.15, 0.2) is 0 Å². The molecule has 0 unspecified atom stereocenters. The van der Waals surface area contributed by atoms with E-state index in [9.17, 15) is 0 Å². The predicted octanol–water partition coefficient (Wildman–Crippen LogP) is -2.76. The number of rotatable bonds is 1. The van der Waals surface area contributed by atoms with E-state index < -0.39 is 23.9 Å². The molecule has 0 bridgehead atoms. The van der Waals surface area contributed by atoms with Crippen LogP contribution in [0.4, 0.5) is 0 Å². The number of hydrogen-bond acceptors (Lipinski definition) is 6. The smallest absolute Gasteiger partial charge is 0.300 e. The summed E-state index contributed by atoms with van der Waals surface area (Å²) in [4.78, 5) is 36.0. The van der Waals surface area contributed by atoms with Gasteiger partial charge < -0.3 is 42.8 Å². The van der Waals surface area contributed by atoms with Crippen molar-refractivity contribution in [3.05, 3.63) is 0 Å². The van der Waals surface area contributed by atoms with Gasteiger partial charge in [0.1, 0.15) is 0 Å². The van der Waals surface area contributed by atoms with E-state index in [1.807, 2.05) is 0 Å². The number of carboxylic acid groups (broad SMARTS) is 4. The van der Waals surface area contributed by atoms with Crippen molar-refractivity contribution in [1.82, 2.24) is 0 Å². The minimum atomic E-state index is -0.833. The molecular formula is C10H28N2NaO10. The zero-order chi connectivity index (χ0) is 17.7. The maximum Gasteiger partial charge on any atom is 0.300 e. The normalized spacial score (nSPS) is 5.65. The molecule has 12 nitrogen and oxygen atoms in total. The van der Waals surface area contributed by atoms with E-state index >= 15 is 0 Å². The van der Waals surface area contributed by atoms with Gasteiger partial charge in [0.25, 0.3) is 23.9 Å². The number of hydrogen-bond donors (Lipinski definition) is 6. The Bertz CT molecular complexity index is 198. The van der Waals surface area contributed by atoms with Crippen LogP contribution in [0.2, 0.25) is 0 Å². The van der Waals surface area contributed by atoms with E-state index in [1.54, 1.807) is 0 Å². The van der Waals surface area contributed by atoms with E-state index in [4.69, 9.17) is 51.1 Å². The molecule has 0 atom stereocenters. The third kappa shape index (κ3) is 92600. The molecule has 0 saturated carbocycles. The second-order valence-electron chi connectivity index (χ2n) is 2.65. The molecule has 0 aliphatic rings. The summed E-state index contributed by atoms with van der Waals surface area (Å²) in [6.07, 6.45) is 0. The minimum Gasteiger partial charge on any atom is -0.481 e. The largest absolute Gasteiger partial charge is 0.481 e. The van der Waals surface area contributed by atoms with Gasteiger partial charge in [0.05, 0.1) is 0 Å². The van der Waals surface area contributed by atoms with Gasteiger partial charge in [-0.25, -0.2) is 0 Å². The van der Waals surface area contributed by atoms with Crippen LogP contribution >= 0.6 is 0 Å². The van der Waals surface area contributed by atoms with Crippen molar-refractivity contribution in [2.75, 3.05) is 13.1 Å². The molecule has 12 N–H and O–H groups in total. The van der Waals surface area contributed by atoms with Crippen molar-refractivity contribution in [2.24, 2.45) is 11.5 Å². The molecular weight excluding hydrogens is 331 g/mol. The van der Waals surface area contributed by atoms with Crippen LogP contribution in [-0.4, -0.2) is 97.9 Å². The quantitative estimate of drug-likeness (QED) is 0.262. The standard InChI is InChI=1S/C2H8N2.4C2H4O2.Na.2H2O/c3-1-2-4;4*1-2(3)4;;;/h1-4H2;4*1H3,(H,3,4);;2*1H2. The number of carboxylic acids is 4. The summed E-state index contributed by atoms with van der Waals surface area (Å²) >= 11 is 0. The molecule has 0 rings (SSSR count). The Morgan fingerprint density at radius 3 is 0.652 bits per heavy atom. The zero-order valence-corrected chi connectivity index (χ0v) is 16.0. The fraction of sp³-hybridized carbons (Fsp3) is 0.600. The Balaban J connectivity index is -0.0000000197. The molecule has 0 saturated heterocycles. The molecule has 23 heavy (non-hydrogen) atoms. The van der Waals surface area contributed by atoms with Gasteiger partial charge >= 0.3 is 0 Å². The molecule has 0 aliphatic heterocycles. The first-order valence-corrected chi connectivity index (χ1v) is 5.03. The second-order valence-corrected chi connectivity index (χ2v) is 2.65. The topological polar surface area (TPSA) is 264 Å². The minimum absolute atomic E-state index is 0. The first-order chi connectivity index (χ1) is 8.84. The molecule has 0 amide bonds. The van der Waals surface area contributed by atoms with Crippen LogP contribution in [0, 0.1) is 0 Å². The van der Waals surface area contributed by atoms with Crippen molar-refractivity contribution in [1.29, 1.82) is 0 Å². The van der Waals surface area contributed by atoms with Crippen molar-refractivity contribution >= 4 is 53.4 Å². The summed E-state index contributed by atoms with van der Waals surface area (Å²) in [5.74, 6) is -3.33. The fourth-order valence-electron chi connectivity index (χ4n) is 0. The van der Waals surface area contributed by atoms with Crippen LogP contribution in [0.1, 0.15) is 27.7 Å². The van der Waals surface area contributed by atoms with Crippen LogP contribution < -0.4 is 11.5 Å². The molecule has 0 aromatic carbocycles. The summed E-state index contributed by atoms with van der Waals surface area (Å²) in [6, 6.07) is 0. The van der Waals surface area contributed by atoms with Crippen LogP contribution in [0.5, 0.6) is 0 Å². The van der Waals surface area contributed by atoms with Crippen LogP contribution in [0.15, 0.2) is 0 Å². The summed E-state index contributed by atoms with van der Waals surface area (Å²) in [5, 5.41) is 29.7. The van der Waals surface area contributed by atoms with Crippen molar-refractivity contribution < 1.29 is 50.6 Å². The first kappa shape index (κ1) is 49.5. The van der Waals surface area contributed by atoms with Gasteiger partial charge in [-0.2, -0.15) is 0 Å². The number of nitrogens with two attached hydrogens (primary N) is 2. The van der Waals surface area contributed by atoms with E-state index in [2.05, 4.69) is 0 Å². The van der Waals surface area contributed by atoms with Crippen molar-refractivity contribution in [3.63, 3.8) is 0 Å². The van der Waals surface area contributed by atoms with Crippen LogP contribution in [-0.2, 0) is 19.2 Å². The van der Waals surface area contributed by atoms with Crippen LogP contribution in [0.3, 0.4) is 0 Å². The molecule has 0 heterocycles. The maximum absolute atomic E-state index is 9.00. The Morgan fingerprint density at radius 1 is 0.609 bits per heavy atom. The number of carbonyl (C=O) groups is 4. The average Bonchev–Trinajstić information content (AvgIpc) is 2.13. The molecule has 0 aliphatic carbocycles. The Hall–Kier alpha value is -1.28. The molecule has 0 aromatic rings. The second kappa shape index (κ2) is 49.8. The summed E-state index contributed by atoms with van der Waals surface area (Å²) in [5.41, 5.74) is 9.81. The molecule has 0 fully saturated rings. The fourth-order valence-corrected chi connectivity index (χ4v) is 0. The number of aliphatic carboxylic acids is 4. The third-order valence-electron chi connectivity index (χ3n) is 0.167. The first-order valence-electron chi connectivity index (χ1n) is 5.03. The molecule has 13 heteroatoms.